The molecule has 1 aliphatic rings. The molecule has 3 heterocycles. The maximum atomic E-state index is 10.2. The number of nitrogens with two attached hydrogens (primary N) is 1. The summed E-state index contributed by atoms with van der Waals surface area (Å²) in [4.78, 5) is 12.2. The Hall–Kier alpha value is -1.42. The Bertz CT molecular complexity index is 649. The minimum absolute atomic E-state index is 0.0998. The Morgan fingerprint density at radius 3 is 2.76 bits per heavy atom. The third-order valence-corrected chi connectivity index (χ3v) is 4.49. The zero-order valence-electron chi connectivity index (χ0n) is 11.7. The lowest BCUT2D eigenvalue weighted by molar-refractivity contribution is -0.0289. The van der Waals surface area contributed by atoms with Crippen LogP contribution in [0.5, 0.6) is 0 Å². The van der Waals surface area contributed by atoms with Gasteiger partial charge in [0.05, 0.1) is 18.8 Å². The molecule has 0 amide bonds. The van der Waals surface area contributed by atoms with Crippen molar-refractivity contribution in [2.24, 2.45) is 0 Å². The summed E-state index contributed by atoms with van der Waals surface area (Å²) in [6.07, 6.45) is 3.87. The predicted molar refractivity (Wildman–Crippen MR) is 79.7 cm³/mol. The third kappa shape index (κ3) is 2.46. The molecule has 2 aromatic heterocycles. The van der Waals surface area contributed by atoms with Crippen LogP contribution in [0.15, 0.2) is 12.7 Å². The molecule has 1 saturated heterocycles. The number of aliphatic hydroxyl groups is 2. The molecule has 4 N–H and O–H groups in total. The highest BCUT2D eigenvalue weighted by Gasteiger charge is 2.46. The van der Waals surface area contributed by atoms with Crippen LogP contribution in [0.25, 0.3) is 11.2 Å². The van der Waals surface area contributed by atoms with Gasteiger partial charge in [-0.25, -0.2) is 15.0 Å². The van der Waals surface area contributed by atoms with Crippen LogP contribution in [0.4, 0.5) is 5.82 Å². The van der Waals surface area contributed by atoms with Crippen LogP contribution >= 0.6 is 0 Å². The highest BCUT2D eigenvalue weighted by Crippen LogP contribution is 2.32. The Morgan fingerprint density at radius 1 is 1.29 bits per heavy atom. The number of fused-ring (bicyclic) bond motifs is 1. The van der Waals surface area contributed by atoms with Gasteiger partial charge < -0.3 is 20.7 Å². The first-order valence-electron chi connectivity index (χ1n) is 6.48. The zero-order valence-corrected chi connectivity index (χ0v) is 12.6. The number of nitrogens with zero attached hydrogens (tertiary/aromatic N) is 4. The standard InChI is InChI=1S/C12H18N5O3S/c1-21(2)3-6-8(18)9(19)12(20-6)17-5-16-7-10(13)14-4-15-11(7)17/h4-6,8-9,12,18-19H,3H2,1-2H3,(H2,13,14,15)/q+1/t6-,8-,9-,12+/m1/s1. The minimum atomic E-state index is -1.04. The summed E-state index contributed by atoms with van der Waals surface area (Å²) >= 11 is 0. The average molecular weight is 312 g/mol. The van der Waals surface area contributed by atoms with Gasteiger partial charge in [-0.3, -0.25) is 4.57 Å². The van der Waals surface area contributed by atoms with E-state index in [1.54, 1.807) is 4.57 Å². The molecule has 114 valence electrons. The molecule has 0 unspecified atom stereocenters. The van der Waals surface area contributed by atoms with Crippen molar-refractivity contribution in [3.8, 4) is 0 Å². The van der Waals surface area contributed by atoms with Crippen molar-refractivity contribution >= 4 is 27.9 Å². The topological polar surface area (TPSA) is 119 Å². The fraction of sp³-hybridized carbons (Fsp3) is 0.583. The molecule has 0 aliphatic carbocycles. The number of nitrogen functional groups attached to an aromatic ring is 1. The zero-order chi connectivity index (χ0) is 15.1. The van der Waals surface area contributed by atoms with Crippen LogP contribution in [-0.2, 0) is 15.6 Å². The van der Waals surface area contributed by atoms with Crippen molar-refractivity contribution in [2.45, 2.75) is 24.5 Å². The van der Waals surface area contributed by atoms with Crippen molar-refractivity contribution in [2.75, 3.05) is 24.0 Å². The molecule has 0 bridgehead atoms. The normalized spacial score (nSPS) is 29.6. The van der Waals surface area contributed by atoms with Gasteiger partial charge in [0, 0.05) is 0 Å². The molecular weight excluding hydrogens is 294 g/mol. The van der Waals surface area contributed by atoms with Crippen molar-refractivity contribution in [1.29, 1.82) is 0 Å². The molecule has 0 aromatic carbocycles. The van der Waals surface area contributed by atoms with E-state index in [4.69, 9.17) is 10.5 Å². The van der Waals surface area contributed by atoms with E-state index in [0.717, 1.165) is 0 Å². The summed E-state index contributed by atoms with van der Waals surface area (Å²) in [5, 5.41) is 20.4. The van der Waals surface area contributed by atoms with Gasteiger partial charge in [-0.2, -0.15) is 0 Å². The summed E-state index contributed by atoms with van der Waals surface area (Å²) in [6, 6.07) is 0. The van der Waals surface area contributed by atoms with Crippen LogP contribution in [0.2, 0.25) is 0 Å². The van der Waals surface area contributed by atoms with Gasteiger partial charge in [0.1, 0.15) is 35.9 Å². The van der Waals surface area contributed by atoms with E-state index in [2.05, 4.69) is 27.5 Å². The van der Waals surface area contributed by atoms with Crippen LogP contribution in [0.1, 0.15) is 6.23 Å². The first-order valence-corrected chi connectivity index (χ1v) is 8.69. The average Bonchev–Trinajstić information content (AvgIpc) is 2.96. The summed E-state index contributed by atoms with van der Waals surface area (Å²) in [7, 11) is 0.0998. The van der Waals surface area contributed by atoms with Gasteiger partial charge in [-0.05, 0) is 10.9 Å². The van der Waals surface area contributed by atoms with E-state index in [-0.39, 0.29) is 16.7 Å². The number of hydrogen-bond acceptors (Lipinski definition) is 7. The van der Waals surface area contributed by atoms with Crippen molar-refractivity contribution in [3.05, 3.63) is 12.7 Å². The second-order valence-corrected chi connectivity index (χ2v) is 7.59. The van der Waals surface area contributed by atoms with Crippen LogP contribution < -0.4 is 5.73 Å². The maximum Gasteiger partial charge on any atom is 0.167 e. The van der Waals surface area contributed by atoms with Crippen molar-refractivity contribution in [3.63, 3.8) is 0 Å². The number of aromatic nitrogens is 4. The Morgan fingerprint density at radius 2 is 2.05 bits per heavy atom. The highest BCUT2D eigenvalue weighted by atomic mass is 32.2. The Kier molecular flexibility index (Phi) is 3.74. The first-order chi connectivity index (χ1) is 9.99. The molecular formula is C12H18N5O3S+. The number of imidazole rings is 1. The molecule has 0 saturated carbocycles. The molecule has 21 heavy (non-hydrogen) atoms. The summed E-state index contributed by atoms with van der Waals surface area (Å²) < 4.78 is 7.41. The number of ether oxygens (including phenoxy) is 1. The highest BCUT2D eigenvalue weighted by molar-refractivity contribution is 7.95. The van der Waals surface area contributed by atoms with E-state index in [1.807, 2.05) is 0 Å². The third-order valence-electron chi connectivity index (χ3n) is 3.50. The fourth-order valence-electron chi connectivity index (χ4n) is 2.48. The van der Waals surface area contributed by atoms with Crippen LogP contribution in [0, 0.1) is 0 Å². The molecule has 1 fully saturated rings. The quantitative estimate of drug-likeness (QED) is 0.616. The predicted octanol–water partition coefficient (Wildman–Crippen LogP) is -1.09. The van der Waals surface area contributed by atoms with Gasteiger partial charge in [-0.1, -0.05) is 0 Å². The summed E-state index contributed by atoms with van der Waals surface area (Å²) in [6.45, 7) is 0. The Balaban J connectivity index is 1.94. The second kappa shape index (κ2) is 5.41. The van der Waals surface area contributed by atoms with E-state index >= 15 is 0 Å². The van der Waals surface area contributed by atoms with E-state index < -0.39 is 24.5 Å². The molecule has 0 spiro atoms. The van der Waals surface area contributed by atoms with Crippen LogP contribution in [-0.4, -0.2) is 66.3 Å². The number of rotatable bonds is 3. The monoisotopic (exact) mass is 312 g/mol. The second-order valence-electron chi connectivity index (χ2n) is 5.28. The van der Waals surface area contributed by atoms with Crippen molar-refractivity contribution in [1.82, 2.24) is 19.5 Å². The summed E-state index contributed by atoms with van der Waals surface area (Å²) in [5.41, 5.74) is 6.68. The van der Waals surface area contributed by atoms with Gasteiger partial charge >= 0.3 is 0 Å². The maximum absolute atomic E-state index is 10.2. The smallest absolute Gasteiger partial charge is 0.167 e. The molecule has 4 atom stereocenters. The van der Waals surface area contributed by atoms with E-state index in [9.17, 15) is 10.2 Å². The van der Waals surface area contributed by atoms with E-state index in [1.165, 1.54) is 12.7 Å². The SMILES string of the molecule is C[S+](C)C[C@H]1O[C@H](n2cnc3c(N)ncnc32)[C@H](O)[C@@H]1O. The van der Waals surface area contributed by atoms with Crippen LogP contribution in [0.3, 0.4) is 0 Å². The minimum Gasteiger partial charge on any atom is -0.387 e. The van der Waals surface area contributed by atoms with E-state index in [0.29, 0.717) is 16.9 Å². The lowest BCUT2D eigenvalue weighted by Gasteiger charge is -2.16. The molecule has 2 aromatic rings. The van der Waals surface area contributed by atoms with Gasteiger partial charge in [-0.15, -0.1) is 0 Å². The first kappa shape index (κ1) is 14.5. The van der Waals surface area contributed by atoms with Crippen molar-refractivity contribution < 1.29 is 14.9 Å². The lowest BCUT2D eigenvalue weighted by atomic mass is 10.1. The number of anilines is 1. The van der Waals surface area contributed by atoms with Gasteiger partial charge in [0.25, 0.3) is 0 Å². The fourth-order valence-corrected chi connectivity index (χ4v) is 3.41. The molecule has 9 heteroatoms. The lowest BCUT2D eigenvalue weighted by Crippen LogP contribution is -2.34. The Labute approximate surface area is 124 Å². The molecule has 0 radical (unpaired) electrons. The molecule has 1 aliphatic heterocycles. The largest absolute Gasteiger partial charge is 0.387 e. The van der Waals surface area contributed by atoms with Gasteiger partial charge in [0.2, 0.25) is 0 Å². The molecule has 8 nitrogen and oxygen atoms in total. The number of hydrogen-bond donors (Lipinski definition) is 3. The summed E-state index contributed by atoms with van der Waals surface area (Å²) in [5.74, 6) is 0.963. The van der Waals surface area contributed by atoms with Gasteiger partial charge in [0.15, 0.2) is 17.7 Å². The molecule has 3 rings (SSSR count). The number of aliphatic hydroxyl groups excluding tert-OH is 2.